The van der Waals surface area contributed by atoms with Crippen LogP contribution < -0.4 is 11.1 Å². The predicted octanol–water partition coefficient (Wildman–Crippen LogP) is 3.18. The second-order valence-electron chi connectivity index (χ2n) is 5.78. The maximum absolute atomic E-state index is 12.5. The average Bonchev–Trinajstić information content (AvgIpc) is 2.81. The summed E-state index contributed by atoms with van der Waals surface area (Å²) < 4.78 is 1.88. The van der Waals surface area contributed by atoms with E-state index in [2.05, 4.69) is 10.3 Å². The Bertz CT molecular complexity index is 875. The Morgan fingerprint density at radius 2 is 1.78 bits per heavy atom. The summed E-state index contributed by atoms with van der Waals surface area (Å²) in [6.07, 6.45) is 0. The monoisotopic (exact) mass is 308 g/mol. The Hall–Kier alpha value is -2.82. The number of nitrogens with two attached hydrogens (primary N) is 1. The van der Waals surface area contributed by atoms with E-state index in [1.165, 1.54) is 0 Å². The minimum Gasteiger partial charge on any atom is -0.397 e. The third-order valence-electron chi connectivity index (χ3n) is 4.05. The number of carbonyl (C=O) groups is 1. The van der Waals surface area contributed by atoms with E-state index in [1.807, 2.05) is 61.7 Å². The summed E-state index contributed by atoms with van der Waals surface area (Å²) in [6, 6.07) is 11.6. The van der Waals surface area contributed by atoms with Crippen LogP contribution >= 0.6 is 0 Å². The zero-order valence-electron chi connectivity index (χ0n) is 13.6. The van der Waals surface area contributed by atoms with Gasteiger partial charge in [0.2, 0.25) is 5.91 Å². The molecule has 118 valence electrons. The number of imidazole rings is 1. The smallest absolute Gasteiger partial charge is 0.244 e. The molecule has 0 aliphatic heterocycles. The molecule has 0 spiro atoms. The maximum Gasteiger partial charge on any atom is 0.244 e. The fraction of sp³-hybridized carbons (Fsp3) is 0.222. The van der Waals surface area contributed by atoms with E-state index in [4.69, 9.17) is 5.73 Å². The SMILES string of the molecule is Cc1cccc(C)c1NC(=O)Cn1c(C)nc2c(N)cccc21. The summed E-state index contributed by atoms with van der Waals surface area (Å²) >= 11 is 0. The molecule has 3 aromatic rings. The van der Waals surface area contributed by atoms with E-state index in [-0.39, 0.29) is 12.5 Å². The normalized spacial score (nSPS) is 10.9. The fourth-order valence-electron chi connectivity index (χ4n) is 2.82. The van der Waals surface area contributed by atoms with Gasteiger partial charge in [-0.25, -0.2) is 4.98 Å². The number of nitrogen functional groups attached to an aromatic ring is 1. The molecule has 0 bridgehead atoms. The summed E-state index contributed by atoms with van der Waals surface area (Å²) in [7, 11) is 0. The van der Waals surface area contributed by atoms with E-state index in [0.717, 1.165) is 33.7 Å². The van der Waals surface area contributed by atoms with Crippen LogP contribution in [0.2, 0.25) is 0 Å². The number of aromatic nitrogens is 2. The lowest BCUT2D eigenvalue weighted by Gasteiger charge is -2.12. The second kappa shape index (κ2) is 5.76. The van der Waals surface area contributed by atoms with Crippen molar-refractivity contribution in [2.75, 3.05) is 11.1 Å². The van der Waals surface area contributed by atoms with Crippen molar-refractivity contribution in [3.8, 4) is 0 Å². The molecular weight excluding hydrogens is 288 g/mol. The Kier molecular flexibility index (Phi) is 3.78. The van der Waals surface area contributed by atoms with E-state index < -0.39 is 0 Å². The zero-order valence-corrected chi connectivity index (χ0v) is 13.6. The lowest BCUT2D eigenvalue weighted by Crippen LogP contribution is -2.20. The Labute approximate surface area is 135 Å². The lowest BCUT2D eigenvalue weighted by molar-refractivity contribution is -0.116. The third-order valence-corrected chi connectivity index (χ3v) is 4.05. The maximum atomic E-state index is 12.5. The van der Waals surface area contributed by atoms with Gasteiger partial charge in [0.15, 0.2) is 0 Å². The molecule has 0 saturated carbocycles. The van der Waals surface area contributed by atoms with Crippen LogP contribution in [0.1, 0.15) is 17.0 Å². The van der Waals surface area contributed by atoms with Crippen LogP contribution in [0, 0.1) is 20.8 Å². The molecular formula is C18H20N4O. The van der Waals surface area contributed by atoms with Gasteiger partial charge in [-0.15, -0.1) is 0 Å². The number of rotatable bonds is 3. The summed E-state index contributed by atoms with van der Waals surface area (Å²) in [5.74, 6) is 0.696. The van der Waals surface area contributed by atoms with E-state index in [0.29, 0.717) is 5.69 Å². The van der Waals surface area contributed by atoms with Gasteiger partial charge in [0, 0.05) is 5.69 Å². The molecule has 2 aromatic carbocycles. The average molecular weight is 308 g/mol. The summed E-state index contributed by atoms with van der Waals surface area (Å²) in [5, 5.41) is 3.00. The summed E-state index contributed by atoms with van der Waals surface area (Å²) in [6.45, 7) is 6.06. The third kappa shape index (κ3) is 2.77. The number of hydrogen-bond donors (Lipinski definition) is 2. The Morgan fingerprint density at radius 1 is 1.13 bits per heavy atom. The molecule has 0 fully saturated rings. The van der Waals surface area contributed by atoms with Crippen molar-refractivity contribution in [2.45, 2.75) is 27.3 Å². The van der Waals surface area contributed by atoms with Gasteiger partial charge in [0.05, 0.1) is 11.2 Å². The summed E-state index contributed by atoms with van der Waals surface area (Å²) in [4.78, 5) is 16.9. The number of anilines is 2. The van der Waals surface area contributed by atoms with Crippen molar-refractivity contribution >= 4 is 28.3 Å². The van der Waals surface area contributed by atoms with Gasteiger partial charge in [-0.2, -0.15) is 0 Å². The number of aryl methyl sites for hydroxylation is 3. The highest BCUT2D eigenvalue weighted by molar-refractivity contribution is 5.94. The number of fused-ring (bicyclic) bond motifs is 1. The van der Waals surface area contributed by atoms with E-state index in [1.54, 1.807) is 0 Å². The van der Waals surface area contributed by atoms with Crippen LogP contribution in [-0.4, -0.2) is 15.5 Å². The van der Waals surface area contributed by atoms with Gasteiger partial charge >= 0.3 is 0 Å². The molecule has 3 N–H and O–H groups in total. The van der Waals surface area contributed by atoms with Crippen LogP contribution in [0.3, 0.4) is 0 Å². The molecule has 23 heavy (non-hydrogen) atoms. The van der Waals surface area contributed by atoms with Gasteiger partial charge in [-0.3, -0.25) is 4.79 Å². The first kappa shape index (κ1) is 15.1. The first-order valence-corrected chi connectivity index (χ1v) is 7.55. The van der Waals surface area contributed by atoms with Crippen LogP contribution in [0.25, 0.3) is 11.0 Å². The molecule has 0 aliphatic rings. The molecule has 3 rings (SSSR count). The lowest BCUT2D eigenvalue weighted by atomic mass is 10.1. The Balaban J connectivity index is 1.89. The fourth-order valence-corrected chi connectivity index (χ4v) is 2.82. The van der Waals surface area contributed by atoms with Crippen LogP contribution in [0.4, 0.5) is 11.4 Å². The van der Waals surface area contributed by atoms with Crippen molar-refractivity contribution in [3.05, 3.63) is 53.3 Å². The van der Waals surface area contributed by atoms with Crippen molar-refractivity contribution in [2.24, 2.45) is 0 Å². The van der Waals surface area contributed by atoms with Gasteiger partial charge in [0.1, 0.15) is 17.9 Å². The van der Waals surface area contributed by atoms with E-state index in [9.17, 15) is 4.79 Å². The van der Waals surface area contributed by atoms with Gasteiger partial charge in [-0.05, 0) is 44.0 Å². The molecule has 5 heteroatoms. The Morgan fingerprint density at radius 3 is 2.48 bits per heavy atom. The zero-order chi connectivity index (χ0) is 16.6. The molecule has 1 heterocycles. The number of carbonyl (C=O) groups excluding carboxylic acids is 1. The molecule has 0 aliphatic carbocycles. The molecule has 0 unspecified atom stereocenters. The minimum absolute atomic E-state index is 0.0766. The first-order valence-electron chi connectivity index (χ1n) is 7.55. The van der Waals surface area contributed by atoms with Crippen molar-refractivity contribution in [1.82, 2.24) is 9.55 Å². The van der Waals surface area contributed by atoms with Gasteiger partial charge < -0.3 is 15.6 Å². The number of nitrogens with one attached hydrogen (secondary N) is 1. The van der Waals surface area contributed by atoms with Crippen LogP contribution in [-0.2, 0) is 11.3 Å². The van der Waals surface area contributed by atoms with Gasteiger partial charge in [0.25, 0.3) is 0 Å². The van der Waals surface area contributed by atoms with Crippen molar-refractivity contribution in [3.63, 3.8) is 0 Å². The quantitative estimate of drug-likeness (QED) is 0.730. The molecule has 1 amide bonds. The minimum atomic E-state index is -0.0766. The van der Waals surface area contributed by atoms with E-state index >= 15 is 0 Å². The number of amides is 1. The molecule has 0 radical (unpaired) electrons. The highest BCUT2D eigenvalue weighted by atomic mass is 16.1. The standard InChI is InChI=1S/C18H20N4O/c1-11-6-4-7-12(2)17(11)21-16(23)10-22-13(3)20-18-14(19)8-5-9-15(18)22/h4-9H,10,19H2,1-3H3,(H,21,23). The van der Waals surface area contributed by atoms with Crippen LogP contribution in [0.5, 0.6) is 0 Å². The predicted molar refractivity (Wildman–Crippen MR) is 93.4 cm³/mol. The molecule has 1 aromatic heterocycles. The first-order chi connectivity index (χ1) is 11.0. The van der Waals surface area contributed by atoms with Gasteiger partial charge in [-0.1, -0.05) is 24.3 Å². The topological polar surface area (TPSA) is 72.9 Å². The van der Waals surface area contributed by atoms with Crippen molar-refractivity contribution < 1.29 is 4.79 Å². The van der Waals surface area contributed by atoms with Crippen molar-refractivity contribution in [1.29, 1.82) is 0 Å². The number of hydrogen-bond acceptors (Lipinski definition) is 3. The van der Waals surface area contributed by atoms with Crippen LogP contribution in [0.15, 0.2) is 36.4 Å². The highest BCUT2D eigenvalue weighted by Gasteiger charge is 2.13. The number of para-hydroxylation sites is 2. The largest absolute Gasteiger partial charge is 0.397 e. The number of benzene rings is 2. The summed E-state index contributed by atoms with van der Waals surface area (Å²) in [5.41, 5.74) is 11.2. The molecule has 0 atom stereocenters. The molecule has 5 nitrogen and oxygen atoms in total. The number of nitrogens with zero attached hydrogens (tertiary/aromatic N) is 2. The highest BCUT2D eigenvalue weighted by Crippen LogP contribution is 2.22. The second-order valence-corrected chi connectivity index (χ2v) is 5.78. The molecule has 0 saturated heterocycles.